The van der Waals surface area contributed by atoms with E-state index in [9.17, 15) is 14.4 Å². The highest BCUT2D eigenvalue weighted by atomic mass is 16.6. The highest BCUT2D eigenvalue weighted by Crippen LogP contribution is 2.17. The molecule has 0 aliphatic carbocycles. The van der Waals surface area contributed by atoms with Gasteiger partial charge in [-0.3, -0.25) is 14.4 Å². The summed E-state index contributed by atoms with van der Waals surface area (Å²) >= 11 is 0. The van der Waals surface area contributed by atoms with E-state index >= 15 is 0 Å². The summed E-state index contributed by atoms with van der Waals surface area (Å²) < 4.78 is 16.9. The van der Waals surface area contributed by atoms with Gasteiger partial charge in [0, 0.05) is 19.3 Å². The number of carbonyl (C=O) groups excluding carboxylic acids is 3. The molecule has 0 aromatic heterocycles. The van der Waals surface area contributed by atoms with E-state index in [1.807, 2.05) is 0 Å². The second kappa shape index (κ2) is 63.1. The van der Waals surface area contributed by atoms with E-state index in [0.717, 1.165) is 109 Å². The smallest absolute Gasteiger partial charge is 0.306 e. The zero-order valence-electron chi connectivity index (χ0n) is 49.6. The Labute approximate surface area is 465 Å². The van der Waals surface area contributed by atoms with Crippen molar-refractivity contribution in [1.29, 1.82) is 0 Å². The third-order valence-electron chi connectivity index (χ3n) is 13.9. The van der Waals surface area contributed by atoms with Gasteiger partial charge in [-0.15, -0.1) is 0 Å². The van der Waals surface area contributed by atoms with Crippen LogP contribution in [0.3, 0.4) is 0 Å². The first kappa shape index (κ1) is 71.6. The number of esters is 3. The molecule has 0 saturated carbocycles. The number of hydrogen-bond acceptors (Lipinski definition) is 6. The predicted molar refractivity (Wildman–Crippen MR) is 325 cm³/mol. The Balaban J connectivity index is 4.18. The maximum Gasteiger partial charge on any atom is 0.306 e. The minimum Gasteiger partial charge on any atom is -0.462 e. The maximum atomic E-state index is 12.9. The van der Waals surface area contributed by atoms with Crippen molar-refractivity contribution in [3.63, 3.8) is 0 Å². The SMILES string of the molecule is CC/C=C\C/C=C\C/C=C\C/C=C\C/C=C\C/C=C\C/C=C\CCCCCCCCCCCC(=O)OCC(COC(=O)CCCCCCCCCCC)OC(=O)CCCCCCCCCCCCCCCCCCC. The Morgan fingerprint density at radius 2 is 0.520 bits per heavy atom. The summed E-state index contributed by atoms with van der Waals surface area (Å²) in [6.07, 6.45) is 83.1. The highest BCUT2D eigenvalue weighted by Gasteiger charge is 2.19. The van der Waals surface area contributed by atoms with Gasteiger partial charge in [0.15, 0.2) is 6.10 Å². The Hall–Kier alpha value is -3.41. The molecular weight excluding hydrogens is 925 g/mol. The molecule has 432 valence electrons. The molecule has 75 heavy (non-hydrogen) atoms. The highest BCUT2D eigenvalue weighted by molar-refractivity contribution is 5.71. The normalized spacial score (nSPS) is 12.6. The van der Waals surface area contributed by atoms with Crippen molar-refractivity contribution in [2.24, 2.45) is 0 Å². The quantitative estimate of drug-likeness (QED) is 0.0261. The summed E-state index contributed by atoms with van der Waals surface area (Å²) in [6, 6.07) is 0. The average Bonchev–Trinajstić information content (AvgIpc) is 3.41. The fourth-order valence-electron chi connectivity index (χ4n) is 9.13. The Kier molecular flexibility index (Phi) is 60.3. The zero-order chi connectivity index (χ0) is 54.3. The first-order chi connectivity index (χ1) is 37.0. The Morgan fingerprint density at radius 1 is 0.280 bits per heavy atom. The summed E-state index contributed by atoms with van der Waals surface area (Å²) in [5.74, 6) is -0.868. The number of hydrogen-bond donors (Lipinski definition) is 0. The van der Waals surface area contributed by atoms with Gasteiger partial charge in [0.05, 0.1) is 0 Å². The lowest BCUT2D eigenvalue weighted by Crippen LogP contribution is -2.30. The van der Waals surface area contributed by atoms with Crippen molar-refractivity contribution in [2.45, 2.75) is 322 Å². The van der Waals surface area contributed by atoms with Crippen LogP contribution < -0.4 is 0 Å². The average molecular weight is 1050 g/mol. The maximum absolute atomic E-state index is 12.9. The molecule has 0 heterocycles. The number of rotatable bonds is 58. The fourth-order valence-corrected chi connectivity index (χ4v) is 9.13. The van der Waals surface area contributed by atoms with E-state index in [2.05, 4.69) is 106 Å². The molecule has 0 N–H and O–H groups in total. The van der Waals surface area contributed by atoms with Gasteiger partial charge in [-0.2, -0.15) is 0 Å². The Morgan fingerprint density at radius 3 is 0.813 bits per heavy atom. The number of carbonyl (C=O) groups is 3. The van der Waals surface area contributed by atoms with Crippen LogP contribution in [-0.2, 0) is 28.6 Å². The van der Waals surface area contributed by atoms with Crippen molar-refractivity contribution in [1.82, 2.24) is 0 Å². The van der Waals surface area contributed by atoms with Crippen LogP contribution in [0.5, 0.6) is 0 Å². The number of allylic oxidation sites excluding steroid dienone is 14. The van der Waals surface area contributed by atoms with Crippen molar-refractivity contribution >= 4 is 17.9 Å². The van der Waals surface area contributed by atoms with E-state index in [1.165, 1.54) is 167 Å². The van der Waals surface area contributed by atoms with Crippen LogP contribution >= 0.6 is 0 Å². The van der Waals surface area contributed by atoms with Crippen molar-refractivity contribution in [3.8, 4) is 0 Å². The molecule has 1 unspecified atom stereocenters. The summed E-state index contributed by atoms with van der Waals surface area (Å²) in [6.45, 7) is 6.54. The first-order valence-electron chi connectivity index (χ1n) is 32.1. The monoisotopic (exact) mass is 1040 g/mol. The molecule has 0 rings (SSSR count). The van der Waals surface area contributed by atoms with E-state index < -0.39 is 6.10 Å². The molecule has 0 spiro atoms. The van der Waals surface area contributed by atoms with Crippen LogP contribution in [0.25, 0.3) is 0 Å². The molecule has 0 fully saturated rings. The molecule has 0 bridgehead atoms. The molecule has 0 radical (unpaired) electrons. The molecule has 6 heteroatoms. The van der Waals surface area contributed by atoms with Gasteiger partial charge < -0.3 is 14.2 Å². The molecule has 0 aliphatic heterocycles. The molecule has 0 aliphatic rings. The van der Waals surface area contributed by atoms with Crippen LogP contribution in [0.2, 0.25) is 0 Å². The Bertz CT molecular complexity index is 1430. The van der Waals surface area contributed by atoms with Gasteiger partial charge in [0.1, 0.15) is 13.2 Å². The van der Waals surface area contributed by atoms with Crippen molar-refractivity contribution in [2.75, 3.05) is 13.2 Å². The minimum absolute atomic E-state index is 0.0733. The van der Waals surface area contributed by atoms with Gasteiger partial charge >= 0.3 is 17.9 Å². The summed E-state index contributed by atoms with van der Waals surface area (Å²) in [4.78, 5) is 38.2. The van der Waals surface area contributed by atoms with E-state index in [1.54, 1.807) is 0 Å². The third kappa shape index (κ3) is 61.3. The summed E-state index contributed by atoms with van der Waals surface area (Å²) in [7, 11) is 0. The predicted octanol–water partition coefficient (Wildman–Crippen LogP) is 21.9. The zero-order valence-corrected chi connectivity index (χ0v) is 49.6. The van der Waals surface area contributed by atoms with Crippen LogP contribution in [0.1, 0.15) is 316 Å². The van der Waals surface area contributed by atoms with Crippen molar-refractivity contribution < 1.29 is 28.6 Å². The van der Waals surface area contributed by atoms with Crippen molar-refractivity contribution in [3.05, 3.63) is 85.1 Å². The van der Waals surface area contributed by atoms with E-state index in [4.69, 9.17) is 14.2 Å². The topological polar surface area (TPSA) is 78.9 Å². The molecule has 0 aromatic carbocycles. The molecule has 0 saturated heterocycles. The van der Waals surface area contributed by atoms with E-state index in [0.29, 0.717) is 19.3 Å². The summed E-state index contributed by atoms with van der Waals surface area (Å²) in [5, 5.41) is 0. The van der Waals surface area contributed by atoms with Gasteiger partial charge in [-0.1, -0.05) is 305 Å². The minimum atomic E-state index is -0.774. The van der Waals surface area contributed by atoms with Crippen LogP contribution in [-0.4, -0.2) is 37.2 Å². The van der Waals surface area contributed by atoms with Crippen LogP contribution in [0.4, 0.5) is 0 Å². The third-order valence-corrected chi connectivity index (χ3v) is 13.9. The lowest BCUT2D eigenvalue weighted by Gasteiger charge is -2.18. The number of ether oxygens (including phenoxy) is 3. The summed E-state index contributed by atoms with van der Waals surface area (Å²) in [5.41, 5.74) is 0. The van der Waals surface area contributed by atoms with Gasteiger partial charge in [-0.25, -0.2) is 0 Å². The number of unbranched alkanes of at least 4 members (excludes halogenated alkanes) is 33. The first-order valence-corrected chi connectivity index (χ1v) is 32.1. The van der Waals surface area contributed by atoms with E-state index in [-0.39, 0.29) is 31.1 Å². The molecule has 0 amide bonds. The molecule has 0 aromatic rings. The molecule has 6 nitrogen and oxygen atoms in total. The lowest BCUT2D eigenvalue weighted by molar-refractivity contribution is -0.167. The largest absolute Gasteiger partial charge is 0.462 e. The van der Waals surface area contributed by atoms with Gasteiger partial charge in [0.25, 0.3) is 0 Å². The second-order valence-corrected chi connectivity index (χ2v) is 21.3. The molecule has 1 atom stereocenters. The van der Waals surface area contributed by atoms with Gasteiger partial charge in [0.2, 0.25) is 0 Å². The second-order valence-electron chi connectivity index (χ2n) is 21.3. The van der Waals surface area contributed by atoms with Gasteiger partial charge in [-0.05, 0) is 77.0 Å². The standard InChI is InChI=1S/C69H120O6/c1-4-7-10-13-16-19-21-23-25-27-28-29-30-31-32-33-34-35-36-37-38-39-40-42-43-45-47-50-53-56-59-62-68(71)74-65-66(64-73-67(70)61-58-55-52-49-18-15-12-9-6-3)75-69(72)63-60-57-54-51-48-46-44-41-26-24-22-20-17-14-11-8-5-2/h7,10,16,19,23,25,28-29,31-32,34-35,37-38,66H,4-6,8-9,11-15,17-18,20-22,24,26-27,30,33,36,39-65H2,1-3H3/b10-7-,19-16-,25-23-,29-28-,32-31-,35-34-,38-37-. The fraction of sp³-hybridized carbons (Fsp3) is 0.754. The molecular formula is C69H120O6. The van der Waals surface area contributed by atoms with Crippen LogP contribution in [0, 0.1) is 0 Å². The van der Waals surface area contributed by atoms with Crippen LogP contribution in [0.15, 0.2) is 85.1 Å². The lowest BCUT2D eigenvalue weighted by atomic mass is 10.0.